The number of rotatable bonds is 7. The highest BCUT2D eigenvalue weighted by molar-refractivity contribution is 6.32. The number of esters is 1. The predicted octanol–water partition coefficient (Wildman–Crippen LogP) is 3.41. The van der Waals surface area contributed by atoms with Crippen LogP contribution in [0, 0.1) is 11.6 Å². The topological polar surface area (TPSA) is 87.8 Å². The summed E-state index contributed by atoms with van der Waals surface area (Å²) >= 11 is 6.07. The van der Waals surface area contributed by atoms with Gasteiger partial charge in [0.2, 0.25) is 0 Å². The van der Waals surface area contributed by atoms with E-state index in [4.69, 9.17) is 31.5 Å². The van der Waals surface area contributed by atoms with E-state index in [9.17, 15) is 18.4 Å². The van der Waals surface area contributed by atoms with Crippen molar-refractivity contribution in [1.29, 1.82) is 0 Å². The van der Waals surface area contributed by atoms with Crippen molar-refractivity contribution in [3.05, 3.63) is 58.1 Å². The van der Waals surface area contributed by atoms with Gasteiger partial charge in [-0.1, -0.05) is 11.6 Å². The molecule has 0 aromatic heterocycles. The zero-order valence-electron chi connectivity index (χ0n) is 14.4. The number of methoxy groups -OCH3 is 1. The molecule has 0 fully saturated rings. The van der Waals surface area contributed by atoms with Gasteiger partial charge in [0.05, 0.1) is 17.7 Å². The van der Waals surface area contributed by atoms with Gasteiger partial charge in [-0.3, -0.25) is 4.79 Å². The van der Waals surface area contributed by atoms with E-state index < -0.39 is 36.2 Å². The molecule has 1 unspecified atom stereocenters. The summed E-state index contributed by atoms with van der Waals surface area (Å²) in [7, 11) is 1.31. The van der Waals surface area contributed by atoms with Gasteiger partial charge in [-0.2, -0.15) is 0 Å². The summed E-state index contributed by atoms with van der Waals surface area (Å²) in [5, 5.41) is -0.0110. The largest absolute Gasteiger partial charge is 0.493 e. The van der Waals surface area contributed by atoms with Gasteiger partial charge < -0.3 is 19.9 Å². The van der Waals surface area contributed by atoms with Crippen LogP contribution in [0.3, 0.4) is 0 Å². The number of carbonyl (C=O) groups is 2. The third kappa shape index (κ3) is 5.07. The van der Waals surface area contributed by atoms with E-state index in [2.05, 4.69) is 0 Å². The van der Waals surface area contributed by atoms with Gasteiger partial charge in [0.25, 0.3) is 5.91 Å². The average molecular weight is 400 g/mol. The quantitative estimate of drug-likeness (QED) is 0.721. The molecule has 1 atom stereocenters. The number of carbonyl (C=O) groups excluding carboxylic acids is 2. The van der Waals surface area contributed by atoms with Crippen molar-refractivity contribution in [2.24, 2.45) is 5.73 Å². The number of halogens is 3. The molecule has 0 aliphatic rings. The lowest BCUT2D eigenvalue weighted by molar-refractivity contribution is -0.119. The minimum atomic E-state index is -0.978. The maximum atomic E-state index is 13.8. The highest BCUT2D eigenvalue weighted by Crippen LogP contribution is 2.37. The molecule has 2 aromatic rings. The van der Waals surface area contributed by atoms with Crippen molar-refractivity contribution in [3.63, 3.8) is 0 Å². The zero-order chi connectivity index (χ0) is 20.1. The van der Waals surface area contributed by atoms with E-state index in [0.717, 1.165) is 6.07 Å². The maximum Gasteiger partial charge on any atom is 0.338 e. The lowest BCUT2D eigenvalue weighted by Crippen LogP contribution is -2.20. The van der Waals surface area contributed by atoms with Crippen LogP contribution >= 0.6 is 11.6 Å². The van der Waals surface area contributed by atoms with E-state index in [1.54, 1.807) is 0 Å². The first kappa shape index (κ1) is 20.4. The van der Waals surface area contributed by atoms with Crippen molar-refractivity contribution < 1.29 is 32.6 Å². The molecule has 0 aliphatic carbocycles. The van der Waals surface area contributed by atoms with Crippen molar-refractivity contribution in [1.82, 2.24) is 0 Å². The van der Waals surface area contributed by atoms with Crippen LogP contribution in [0.5, 0.6) is 11.5 Å². The fourth-order valence-electron chi connectivity index (χ4n) is 2.24. The summed E-state index contributed by atoms with van der Waals surface area (Å²) in [5.41, 5.74) is 5.05. The Hall–Kier alpha value is -2.87. The molecule has 0 spiro atoms. The molecule has 0 saturated carbocycles. The van der Waals surface area contributed by atoms with Gasteiger partial charge in [-0.15, -0.1) is 0 Å². The summed E-state index contributed by atoms with van der Waals surface area (Å²) in [6.45, 7) is 1.01. The number of benzene rings is 2. The summed E-state index contributed by atoms with van der Waals surface area (Å²) < 4.78 is 42.3. The summed E-state index contributed by atoms with van der Waals surface area (Å²) in [6.07, 6.45) is -0.978. The Kier molecular flexibility index (Phi) is 6.57. The first-order valence-corrected chi connectivity index (χ1v) is 8.05. The van der Waals surface area contributed by atoms with E-state index in [1.165, 1.54) is 32.2 Å². The van der Waals surface area contributed by atoms with Gasteiger partial charge in [0.15, 0.2) is 18.1 Å². The molecular weight excluding hydrogens is 384 g/mol. The Morgan fingerprint density at radius 3 is 2.52 bits per heavy atom. The van der Waals surface area contributed by atoms with Crippen LogP contribution in [0.15, 0.2) is 30.3 Å². The Morgan fingerprint density at radius 1 is 1.22 bits per heavy atom. The number of hydrogen-bond donors (Lipinski definition) is 1. The maximum absolute atomic E-state index is 13.8. The van der Waals surface area contributed by atoms with Crippen LogP contribution in [0.4, 0.5) is 8.78 Å². The molecule has 6 nitrogen and oxygen atoms in total. The molecule has 2 rings (SSSR count). The molecule has 27 heavy (non-hydrogen) atoms. The van der Waals surface area contributed by atoms with E-state index in [1.807, 2.05) is 0 Å². The minimum absolute atomic E-state index is 0.0110. The predicted molar refractivity (Wildman–Crippen MR) is 92.9 cm³/mol. The third-order valence-corrected chi connectivity index (χ3v) is 3.79. The number of amides is 1. The lowest BCUT2D eigenvalue weighted by Gasteiger charge is -2.16. The molecule has 9 heteroatoms. The average Bonchev–Trinajstić information content (AvgIpc) is 2.59. The van der Waals surface area contributed by atoms with Crippen molar-refractivity contribution in [2.75, 3.05) is 13.7 Å². The monoisotopic (exact) mass is 399 g/mol. The standard InChI is InChI=1S/C18H16ClF2NO5/c1-9(12-4-3-11(20)7-14(12)21)27-18(24)10-5-13(19)17(15(6-10)25-2)26-8-16(22)23/h3-7,9H,8H2,1-2H3,(H2,22,23). The van der Waals surface area contributed by atoms with Gasteiger partial charge >= 0.3 is 5.97 Å². The molecule has 0 bridgehead atoms. The summed E-state index contributed by atoms with van der Waals surface area (Å²) in [5.74, 6) is -2.98. The van der Waals surface area contributed by atoms with Gasteiger partial charge in [-0.25, -0.2) is 13.6 Å². The Balaban J connectivity index is 2.22. The molecule has 0 heterocycles. The molecular formula is C18H16ClF2NO5. The Labute approximate surface area is 158 Å². The van der Waals surface area contributed by atoms with E-state index >= 15 is 0 Å². The van der Waals surface area contributed by atoms with Crippen LogP contribution in [-0.2, 0) is 9.53 Å². The minimum Gasteiger partial charge on any atom is -0.493 e. The van der Waals surface area contributed by atoms with Crippen LogP contribution in [0.1, 0.15) is 28.9 Å². The molecule has 144 valence electrons. The highest BCUT2D eigenvalue weighted by Gasteiger charge is 2.21. The van der Waals surface area contributed by atoms with Crippen LogP contribution < -0.4 is 15.2 Å². The lowest BCUT2D eigenvalue weighted by atomic mass is 10.1. The van der Waals surface area contributed by atoms with Gasteiger partial charge in [0.1, 0.15) is 17.7 Å². The van der Waals surface area contributed by atoms with Crippen molar-refractivity contribution >= 4 is 23.5 Å². The smallest absolute Gasteiger partial charge is 0.338 e. The molecule has 0 saturated heterocycles. The van der Waals surface area contributed by atoms with E-state index in [0.29, 0.717) is 6.07 Å². The normalized spacial score (nSPS) is 11.6. The Bertz CT molecular complexity index is 875. The van der Waals surface area contributed by atoms with Crippen LogP contribution in [0.25, 0.3) is 0 Å². The van der Waals surface area contributed by atoms with Crippen molar-refractivity contribution in [3.8, 4) is 11.5 Å². The second-order valence-electron chi connectivity index (χ2n) is 5.46. The van der Waals surface area contributed by atoms with Crippen LogP contribution in [-0.4, -0.2) is 25.6 Å². The number of nitrogens with two attached hydrogens (primary N) is 1. The zero-order valence-corrected chi connectivity index (χ0v) is 15.2. The number of primary amides is 1. The number of ether oxygens (including phenoxy) is 3. The third-order valence-electron chi connectivity index (χ3n) is 3.51. The summed E-state index contributed by atoms with van der Waals surface area (Å²) in [6, 6.07) is 5.49. The number of hydrogen-bond acceptors (Lipinski definition) is 5. The fraction of sp³-hybridized carbons (Fsp3) is 0.222. The second-order valence-corrected chi connectivity index (χ2v) is 5.87. The first-order chi connectivity index (χ1) is 12.7. The molecule has 0 aliphatic heterocycles. The highest BCUT2D eigenvalue weighted by atomic mass is 35.5. The Morgan fingerprint density at radius 2 is 1.93 bits per heavy atom. The first-order valence-electron chi connectivity index (χ1n) is 7.67. The second kappa shape index (κ2) is 8.68. The van der Waals surface area contributed by atoms with E-state index in [-0.39, 0.29) is 27.6 Å². The van der Waals surface area contributed by atoms with Crippen LogP contribution in [0.2, 0.25) is 5.02 Å². The summed E-state index contributed by atoms with van der Waals surface area (Å²) in [4.78, 5) is 23.2. The van der Waals surface area contributed by atoms with Gasteiger partial charge in [0, 0.05) is 11.6 Å². The molecule has 1 amide bonds. The fourth-order valence-corrected chi connectivity index (χ4v) is 2.51. The SMILES string of the molecule is COc1cc(C(=O)OC(C)c2ccc(F)cc2F)cc(Cl)c1OCC(N)=O. The molecule has 0 radical (unpaired) electrons. The van der Waals surface area contributed by atoms with Gasteiger partial charge in [-0.05, 0) is 31.2 Å². The molecule has 2 N–H and O–H groups in total. The molecule has 2 aromatic carbocycles. The van der Waals surface area contributed by atoms with Crippen molar-refractivity contribution in [2.45, 2.75) is 13.0 Å².